The summed E-state index contributed by atoms with van der Waals surface area (Å²) in [6.07, 6.45) is -0.782. The summed E-state index contributed by atoms with van der Waals surface area (Å²) in [5, 5.41) is 1.11. The van der Waals surface area contributed by atoms with Crippen LogP contribution in [-0.4, -0.2) is 37.6 Å². The predicted molar refractivity (Wildman–Crippen MR) is 93.3 cm³/mol. The van der Waals surface area contributed by atoms with E-state index >= 15 is 0 Å². The summed E-state index contributed by atoms with van der Waals surface area (Å²) in [7, 11) is 0.978. The van der Waals surface area contributed by atoms with E-state index in [1.165, 1.54) is 7.11 Å². The molecule has 1 amide bonds. The van der Waals surface area contributed by atoms with Gasteiger partial charge in [0.1, 0.15) is 0 Å². The Bertz CT molecular complexity index is 569. The van der Waals surface area contributed by atoms with Gasteiger partial charge in [-0.1, -0.05) is 12.1 Å². The molecule has 0 atom stereocenters. The number of benzene rings is 1. The first kappa shape index (κ1) is 18.8. The lowest BCUT2D eigenvalue weighted by Crippen LogP contribution is -2.41. The number of nitrogens with zero attached hydrogens (tertiary/aromatic N) is 1. The minimum Gasteiger partial charge on any atom is -0.445 e. The summed E-state index contributed by atoms with van der Waals surface area (Å²) in [4.78, 5) is 17.2. The van der Waals surface area contributed by atoms with Crippen molar-refractivity contribution in [3.05, 3.63) is 24.3 Å². The van der Waals surface area contributed by atoms with Gasteiger partial charge in [-0.3, -0.25) is 4.84 Å². The quantitative estimate of drug-likeness (QED) is 0.625. The molecular formula is C17H26BNO5. The number of rotatable bonds is 4. The average molecular weight is 335 g/mol. The lowest BCUT2D eigenvalue weighted by Gasteiger charge is -2.32. The van der Waals surface area contributed by atoms with E-state index in [4.69, 9.17) is 18.9 Å². The molecule has 0 N–H and O–H groups in total. The van der Waals surface area contributed by atoms with Crippen molar-refractivity contribution in [2.24, 2.45) is 0 Å². The molecule has 0 bridgehead atoms. The Hall–Kier alpha value is -1.57. The average Bonchev–Trinajstić information content (AvgIpc) is 2.68. The lowest BCUT2D eigenvalue weighted by atomic mass is 9.79. The van der Waals surface area contributed by atoms with Crippen molar-refractivity contribution in [1.82, 2.24) is 0 Å². The lowest BCUT2D eigenvalue weighted by molar-refractivity contribution is 0.00578. The van der Waals surface area contributed by atoms with Crippen LogP contribution < -0.4 is 10.5 Å². The number of amides is 1. The Morgan fingerprint density at radius 1 is 1.08 bits per heavy atom. The van der Waals surface area contributed by atoms with Gasteiger partial charge in [0.25, 0.3) is 0 Å². The van der Waals surface area contributed by atoms with E-state index in [1.807, 2.05) is 39.8 Å². The fraction of sp³-hybridized carbons (Fsp3) is 0.588. The highest BCUT2D eigenvalue weighted by Crippen LogP contribution is 2.36. The molecule has 2 rings (SSSR count). The fourth-order valence-corrected chi connectivity index (χ4v) is 2.28. The number of ether oxygens (including phenoxy) is 1. The Labute approximate surface area is 144 Å². The number of carbonyl (C=O) groups excluding carboxylic acids is 1. The van der Waals surface area contributed by atoms with Gasteiger partial charge in [0.05, 0.1) is 30.1 Å². The summed E-state index contributed by atoms with van der Waals surface area (Å²) >= 11 is 0. The van der Waals surface area contributed by atoms with E-state index in [-0.39, 0.29) is 6.10 Å². The zero-order valence-electron chi connectivity index (χ0n) is 15.5. The molecule has 0 spiro atoms. The molecule has 6 nitrogen and oxygen atoms in total. The van der Waals surface area contributed by atoms with Gasteiger partial charge in [-0.2, -0.15) is 5.06 Å². The standard InChI is InChI=1S/C17H26BNO5/c1-12(2)22-15(20)19(21-7)14-10-8-13(9-11-14)18-23-16(3,4)17(5,6)24-18/h8-12H,1-7H3. The number of carbonyl (C=O) groups is 1. The molecule has 0 aromatic heterocycles. The highest BCUT2D eigenvalue weighted by Gasteiger charge is 2.51. The van der Waals surface area contributed by atoms with Crippen LogP contribution in [0.15, 0.2) is 24.3 Å². The molecule has 1 aliphatic heterocycles. The molecule has 1 aromatic rings. The van der Waals surface area contributed by atoms with Crippen LogP contribution in [0, 0.1) is 0 Å². The first-order valence-corrected chi connectivity index (χ1v) is 8.08. The fourth-order valence-electron chi connectivity index (χ4n) is 2.28. The number of hydroxylamine groups is 1. The Morgan fingerprint density at radius 2 is 1.58 bits per heavy atom. The number of hydrogen-bond donors (Lipinski definition) is 0. The van der Waals surface area contributed by atoms with Crippen molar-refractivity contribution in [1.29, 1.82) is 0 Å². The van der Waals surface area contributed by atoms with Crippen LogP contribution in [0.3, 0.4) is 0 Å². The molecule has 0 aliphatic carbocycles. The van der Waals surface area contributed by atoms with Crippen LogP contribution in [0.5, 0.6) is 0 Å². The maximum atomic E-state index is 12.0. The first-order valence-electron chi connectivity index (χ1n) is 8.08. The van der Waals surface area contributed by atoms with Gasteiger partial charge < -0.3 is 14.0 Å². The van der Waals surface area contributed by atoms with E-state index in [2.05, 4.69) is 0 Å². The molecule has 0 radical (unpaired) electrons. The van der Waals surface area contributed by atoms with Crippen molar-refractivity contribution in [2.45, 2.75) is 58.8 Å². The molecular weight excluding hydrogens is 309 g/mol. The van der Waals surface area contributed by atoms with Gasteiger partial charge in [-0.25, -0.2) is 4.79 Å². The maximum Gasteiger partial charge on any atom is 0.494 e. The molecule has 1 saturated heterocycles. The second-order valence-corrected chi connectivity index (χ2v) is 7.09. The number of hydrogen-bond acceptors (Lipinski definition) is 5. The van der Waals surface area contributed by atoms with Crippen LogP contribution >= 0.6 is 0 Å². The van der Waals surface area contributed by atoms with Crippen LogP contribution in [-0.2, 0) is 18.9 Å². The van der Waals surface area contributed by atoms with Crippen LogP contribution in [0.1, 0.15) is 41.5 Å². The van der Waals surface area contributed by atoms with Crippen LogP contribution in [0.25, 0.3) is 0 Å². The third-order valence-electron chi connectivity index (χ3n) is 4.34. The molecule has 0 saturated carbocycles. The van der Waals surface area contributed by atoms with E-state index in [9.17, 15) is 4.79 Å². The monoisotopic (exact) mass is 335 g/mol. The van der Waals surface area contributed by atoms with Gasteiger partial charge in [-0.05, 0) is 59.1 Å². The second-order valence-electron chi connectivity index (χ2n) is 7.09. The molecule has 24 heavy (non-hydrogen) atoms. The Morgan fingerprint density at radius 3 is 2.00 bits per heavy atom. The zero-order valence-corrected chi connectivity index (χ0v) is 15.5. The summed E-state index contributed by atoms with van der Waals surface area (Å²) in [5.41, 5.74) is 0.667. The third-order valence-corrected chi connectivity index (χ3v) is 4.34. The molecule has 7 heteroatoms. The predicted octanol–water partition coefficient (Wildman–Crippen LogP) is 2.90. The van der Waals surface area contributed by atoms with E-state index in [0.717, 1.165) is 10.5 Å². The largest absolute Gasteiger partial charge is 0.494 e. The molecule has 1 fully saturated rings. The summed E-state index contributed by atoms with van der Waals surface area (Å²) in [6, 6.07) is 7.25. The highest BCUT2D eigenvalue weighted by atomic mass is 16.7. The maximum absolute atomic E-state index is 12.0. The topological polar surface area (TPSA) is 57.2 Å². The second kappa shape index (κ2) is 6.74. The van der Waals surface area contributed by atoms with Crippen molar-refractivity contribution in [3.8, 4) is 0 Å². The molecule has 132 valence electrons. The van der Waals surface area contributed by atoms with Gasteiger partial charge in [-0.15, -0.1) is 0 Å². The normalized spacial score (nSPS) is 18.8. The zero-order chi connectivity index (χ0) is 18.1. The van der Waals surface area contributed by atoms with E-state index in [0.29, 0.717) is 5.69 Å². The van der Waals surface area contributed by atoms with Gasteiger partial charge in [0.15, 0.2) is 0 Å². The minimum atomic E-state index is -0.559. The summed E-state index contributed by atoms with van der Waals surface area (Å²) in [5.74, 6) is 0. The number of anilines is 1. The minimum absolute atomic E-state index is 0.223. The van der Waals surface area contributed by atoms with Gasteiger partial charge >= 0.3 is 13.2 Å². The molecule has 0 unspecified atom stereocenters. The Balaban J connectivity index is 2.15. The van der Waals surface area contributed by atoms with E-state index in [1.54, 1.807) is 26.0 Å². The highest BCUT2D eigenvalue weighted by molar-refractivity contribution is 6.62. The van der Waals surface area contributed by atoms with Gasteiger partial charge in [0.2, 0.25) is 0 Å². The van der Waals surface area contributed by atoms with Gasteiger partial charge in [0, 0.05) is 0 Å². The van der Waals surface area contributed by atoms with E-state index < -0.39 is 24.4 Å². The third kappa shape index (κ3) is 3.74. The first-order chi connectivity index (χ1) is 11.1. The van der Waals surface area contributed by atoms with Crippen molar-refractivity contribution in [2.75, 3.05) is 12.2 Å². The van der Waals surface area contributed by atoms with Crippen LogP contribution in [0.4, 0.5) is 10.5 Å². The van der Waals surface area contributed by atoms with Crippen LogP contribution in [0.2, 0.25) is 0 Å². The Kier molecular flexibility index (Phi) is 5.27. The summed E-state index contributed by atoms with van der Waals surface area (Å²) < 4.78 is 17.2. The van der Waals surface area contributed by atoms with Crippen molar-refractivity contribution in [3.63, 3.8) is 0 Å². The smallest absolute Gasteiger partial charge is 0.445 e. The summed E-state index contributed by atoms with van der Waals surface area (Å²) in [6.45, 7) is 11.6. The van der Waals surface area contributed by atoms with Crippen molar-refractivity contribution >= 4 is 24.4 Å². The SMILES string of the molecule is CON(C(=O)OC(C)C)c1ccc(B2OC(C)(C)C(C)(C)O2)cc1. The molecule has 1 aromatic carbocycles. The van der Waals surface area contributed by atoms with Crippen molar-refractivity contribution < 1.29 is 23.7 Å². The molecule has 1 heterocycles. The molecule has 1 aliphatic rings.